The Morgan fingerprint density at radius 1 is 1.40 bits per heavy atom. The lowest BCUT2D eigenvalue weighted by atomic mass is 10.1. The first-order valence-corrected chi connectivity index (χ1v) is 6.34. The molecule has 2 heterocycles. The Labute approximate surface area is 85.5 Å². The molecule has 0 aromatic heterocycles. The van der Waals surface area contributed by atoms with Gasteiger partial charge >= 0.3 is 6.18 Å². The molecule has 0 saturated carbocycles. The second-order valence-electron chi connectivity index (χ2n) is 4.02. The number of hydrogen-bond acceptors (Lipinski definition) is 3. The Bertz CT molecular complexity index is 367. The van der Waals surface area contributed by atoms with E-state index in [0.29, 0.717) is 0 Å². The average Bonchev–Trinajstić information content (AvgIpc) is 2.57. The van der Waals surface area contributed by atoms with Crippen molar-refractivity contribution in [2.75, 3.05) is 12.8 Å². The Morgan fingerprint density at radius 3 is 2.40 bits per heavy atom. The minimum absolute atomic E-state index is 0.149. The van der Waals surface area contributed by atoms with Crippen molar-refractivity contribution in [2.45, 2.75) is 30.7 Å². The molecule has 1 N–H and O–H groups in total. The van der Waals surface area contributed by atoms with Crippen LogP contribution in [0.2, 0.25) is 0 Å². The molecule has 3 unspecified atom stereocenters. The van der Waals surface area contributed by atoms with E-state index in [1.165, 1.54) is 0 Å². The molecule has 2 bridgehead atoms. The third-order valence-corrected chi connectivity index (χ3v) is 4.15. The van der Waals surface area contributed by atoms with E-state index in [-0.39, 0.29) is 19.0 Å². The summed E-state index contributed by atoms with van der Waals surface area (Å²) in [5.41, 5.74) is 0. The third kappa shape index (κ3) is 1.85. The predicted octanol–water partition coefficient (Wildman–Crippen LogP) is -0.0770. The predicted molar refractivity (Wildman–Crippen MR) is 46.7 cm³/mol. The Kier molecular flexibility index (Phi) is 2.29. The maximum Gasteiger partial charge on any atom is 0.405 e. The van der Waals surface area contributed by atoms with E-state index in [1.807, 2.05) is 0 Å². The number of rotatable bonds is 1. The second kappa shape index (κ2) is 3.08. The maximum atomic E-state index is 12.5. The number of alkyl halides is 3. The lowest BCUT2D eigenvalue weighted by Crippen LogP contribution is -2.58. The summed E-state index contributed by atoms with van der Waals surface area (Å²) in [7, 11) is -3.53. The van der Waals surface area contributed by atoms with Crippen LogP contribution in [0.5, 0.6) is 0 Å². The van der Waals surface area contributed by atoms with Gasteiger partial charge in [-0.1, -0.05) is 0 Å². The lowest BCUT2D eigenvalue weighted by molar-refractivity contribution is -0.163. The van der Waals surface area contributed by atoms with Gasteiger partial charge in [-0.25, -0.2) is 8.42 Å². The summed E-state index contributed by atoms with van der Waals surface area (Å²) in [5, 5.41) is 2.40. The van der Waals surface area contributed by atoms with Crippen molar-refractivity contribution in [3.8, 4) is 0 Å². The molecule has 0 aliphatic carbocycles. The molecule has 0 aromatic carbocycles. The maximum absolute atomic E-state index is 12.5. The van der Waals surface area contributed by atoms with Crippen LogP contribution in [0.4, 0.5) is 13.2 Å². The van der Waals surface area contributed by atoms with Gasteiger partial charge in [0.05, 0.1) is 12.3 Å². The smallest absolute Gasteiger partial charge is 0.301 e. The molecule has 2 aliphatic rings. The molecular weight excluding hydrogens is 233 g/mol. The Hall–Kier alpha value is -0.340. The molecule has 2 rings (SSSR count). The summed E-state index contributed by atoms with van der Waals surface area (Å²) >= 11 is 0. The number of sulfonamides is 1. The summed E-state index contributed by atoms with van der Waals surface area (Å²) in [4.78, 5) is 0. The number of hydrogen-bond donors (Lipinski definition) is 1. The highest BCUT2D eigenvalue weighted by atomic mass is 32.2. The van der Waals surface area contributed by atoms with Gasteiger partial charge in [-0.15, -0.1) is 0 Å². The van der Waals surface area contributed by atoms with Crippen molar-refractivity contribution >= 4 is 10.0 Å². The second-order valence-corrected chi connectivity index (χ2v) is 5.95. The first kappa shape index (κ1) is 11.2. The molecule has 0 radical (unpaired) electrons. The molecule has 88 valence electrons. The molecule has 0 aromatic rings. The van der Waals surface area contributed by atoms with Crippen molar-refractivity contribution in [3.63, 3.8) is 0 Å². The van der Waals surface area contributed by atoms with Gasteiger partial charge in [0.2, 0.25) is 10.0 Å². The summed E-state index contributed by atoms with van der Waals surface area (Å²) < 4.78 is 60.9. The highest BCUT2D eigenvalue weighted by molar-refractivity contribution is 7.88. The van der Waals surface area contributed by atoms with Crippen LogP contribution in [0, 0.1) is 0 Å². The van der Waals surface area contributed by atoms with E-state index < -0.39 is 28.3 Å². The number of nitrogens with zero attached hydrogens (tertiary/aromatic N) is 1. The zero-order valence-corrected chi connectivity index (χ0v) is 8.77. The lowest BCUT2D eigenvalue weighted by Gasteiger charge is -2.33. The van der Waals surface area contributed by atoms with Crippen LogP contribution in [0.15, 0.2) is 0 Å². The quantitative estimate of drug-likeness (QED) is 0.702. The molecule has 3 atom stereocenters. The molecule has 0 amide bonds. The fraction of sp³-hybridized carbons (Fsp3) is 1.00. The van der Waals surface area contributed by atoms with E-state index in [0.717, 1.165) is 10.6 Å². The summed E-state index contributed by atoms with van der Waals surface area (Å²) in [6.45, 7) is 0.149. The highest BCUT2D eigenvalue weighted by Crippen LogP contribution is 2.37. The standard InChI is InChI=1S/C7H11F3N2O2S/c1-15(13,14)12-3-4-2-5(12)6(11-4)7(8,9)10/h4-6,11H,2-3H2,1H3. The van der Waals surface area contributed by atoms with Gasteiger partial charge in [0.15, 0.2) is 0 Å². The summed E-state index contributed by atoms with van der Waals surface area (Å²) in [6.07, 6.45) is -3.19. The van der Waals surface area contributed by atoms with Crippen molar-refractivity contribution in [1.82, 2.24) is 9.62 Å². The fourth-order valence-corrected chi connectivity index (χ4v) is 3.47. The zero-order valence-electron chi connectivity index (χ0n) is 7.95. The molecule has 15 heavy (non-hydrogen) atoms. The van der Waals surface area contributed by atoms with Crippen LogP contribution in [0.25, 0.3) is 0 Å². The minimum atomic E-state index is -4.39. The van der Waals surface area contributed by atoms with Crippen LogP contribution < -0.4 is 5.32 Å². The van der Waals surface area contributed by atoms with Gasteiger partial charge in [0.1, 0.15) is 6.04 Å². The van der Waals surface area contributed by atoms with Crippen molar-refractivity contribution in [2.24, 2.45) is 0 Å². The first-order chi connectivity index (χ1) is 6.69. The van der Waals surface area contributed by atoms with Crippen LogP contribution in [-0.4, -0.2) is 49.8 Å². The largest absolute Gasteiger partial charge is 0.405 e. The minimum Gasteiger partial charge on any atom is -0.301 e. The van der Waals surface area contributed by atoms with Crippen LogP contribution in [0.1, 0.15) is 6.42 Å². The molecular formula is C7H11F3N2O2S. The van der Waals surface area contributed by atoms with Crippen LogP contribution in [0.3, 0.4) is 0 Å². The van der Waals surface area contributed by atoms with Gasteiger partial charge in [0, 0.05) is 12.6 Å². The fourth-order valence-electron chi connectivity index (χ4n) is 2.32. The van der Waals surface area contributed by atoms with E-state index in [1.54, 1.807) is 0 Å². The number of nitrogens with one attached hydrogen (secondary N) is 1. The van der Waals surface area contributed by atoms with Crippen molar-refractivity contribution in [3.05, 3.63) is 0 Å². The van der Waals surface area contributed by atoms with Gasteiger partial charge < -0.3 is 5.32 Å². The van der Waals surface area contributed by atoms with Crippen LogP contribution in [-0.2, 0) is 10.0 Å². The molecule has 4 nitrogen and oxygen atoms in total. The topological polar surface area (TPSA) is 49.4 Å². The number of fused-ring (bicyclic) bond motifs is 2. The normalized spacial score (nSPS) is 37.5. The summed E-state index contributed by atoms with van der Waals surface area (Å²) in [6, 6.07) is -3.05. The number of halogens is 3. The monoisotopic (exact) mass is 244 g/mol. The highest BCUT2D eigenvalue weighted by Gasteiger charge is 2.57. The molecule has 0 spiro atoms. The van der Waals surface area contributed by atoms with E-state index >= 15 is 0 Å². The van der Waals surface area contributed by atoms with Gasteiger partial charge in [0.25, 0.3) is 0 Å². The SMILES string of the molecule is CS(=O)(=O)N1CC2CC1C(C(F)(F)F)N2. The molecule has 2 aliphatic heterocycles. The molecule has 2 saturated heterocycles. The van der Waals surface area contributed by atoms with Crippen LogP contribution >= 0.6 is 0 Å². The summed E-state index contributed by atoms with van der Waals surface area (Å²) in [5.74, 6) is 0. The Balaban J connectivity index is 2.24. The Morgan fingerprint density at radius 2 is 2.00 bits per heavy atom. The first-order valence-electron chi connectivity index (χ1n) is 4.49. The van der Waals surface area contributed by atoms with Gasteiger partial charge in [-0.2, -0.15) is 17.5 Å². The molecule has 2 fully saturated rings. The van der Waals surface area contributed by atoms with E-state index in [9.17, 15) is 21.6 Å². The van der Waals surface area contributed by atoms with E-state index in [2.05, 4.69) is 5.32 Å². The van der Waals surface area contributed by atoms with Gasteiger partial charge in [-0.05, 0) is 6.42 Å². The zero-order chi connectivity index (χ0) is 11.4. The van der Waals surface area contributed by atoms with Crippen molar-refractivity contribution < 1.29 is 21.6 Å². The van der Waals surface area contributed by atoms with Gasteiger partial charge in [-0.3, -0.25) is 0 Å². The van der Waals surface area contributed by atoms with E-state index in [4.69, 9.17) is 0 Å². The van der Waals surface area contributed by atoms with Crippen molar-refractivity contribution in [1.29, 1.82) is 0 Å². The number of piperazine rings is 1. The third-order valence-electron chi connectivity index (χ3n) is 2.87. The molecule has 8 heteroatoms. The average molecular weight is 244 g/mol.